The average molecular weight is 366 g/mol. The summed E-state index contributed by atoms with van der Waals surface area (Å²) in [6, 6.07) is 9.19. The van der Waals surface area contributed by atoms with Crippen LogP contribution < -0.4 is 15.6 Å². The highest BCUT2D eigenvalue weighted by molar-refractivity contribution is 9.10. The number of hydrogen-bond acceptors (Lipinski definition) is 3. The van der Waals surface area contributed by atoms with Crippen LogP contribution >= 0.6 is 15.9 Å². The maximum absolute atomic E-state index is 11.7. The number of amides is 2. The molecule has 1 heterocycles. The molecular formula is C15H16BrN3O3. The van der Waals surface area contributed by atoms with E-state index in [1.807, 2.05) is 31.2 Å². The number of aromatic amines is 1. The van der Waals surface area contributed by atoms with Crippen molar-refractivity contribution in [3.63, 3.8) is 0 Å². The van der Waals surface area contributed by atoms with Crippen molar-refractivity contribution in [3.05, 3.63) is 52.3 Å². The van der Waals surface area contributed by atoms with Gasteiger partial charge in [0, 0.05) is 10.7 Å². The number of carbonyl (C=O) groups is 2. The molecule has 2 amide bonds. The first-order valence-corrected chi connectivity index (χ1v) is 7.47. The standard InChI is InChI=1S/C15H16BrN3O3/c1-10-4-2-3-5-13(10)22-7-6-14(20)18-19-15(21)12-8-11(16)9-17-12/h2-5,8-9,17H,6-7H2,1H3,(H,18,20)(H,19,21). The Morgan fingerprint density at radius 3 is 2.73 bits per heavy atom. The summed E-state index contributed by atoms with van der Waals surface area (Å²) >= 11 is 3.23. The molecule has 0 bridgehead atoms. The maximum atomic E-state index is 11.7. The van der Waals surface area contributed by atoms with E-state index >= 15 is 0 Å². The quantitative estimate of drug-likeness (QED) is 0.711. The lowest BCUT2D eigenvalue weighted by Gasteiger charge is -2.09. The van der Waals surface area contributed by atoms with Gasteiger partial charge in [-0.25, -0.2) is 0 Å². The molecule has 3 N–H and O–H groups in total. The van der Waals surface area contributed by atoms with E-state index in [-0.39, 0.29) is 18.9 Å². The Labute approximate surface area is 136 Å². The van der Waals surface area contributed by atoms with Gasteiger partial charge in [-0.2, -0.15) is 0 Å². The minimum absolute atomic E-state index is 0.142. The lowest BCUT2D eigenvalue weighted by Crippen LogP contribution is -2.42. The summed E-state index contributed by atoms with van der Waals surface area (Å²) in [5.41, 5.74) is 6.02. The molecule has 0 spiro atoms. The molecule has 0 fully saturated rings. The minimum atomic E-state index is -0.418. The van der Waals surface area contributed by atoms with Crippen LogP contribution in [0.5, 0.6) is 5.75 Å². The second kappa shape index (κ2) is 7.65. The van der Waals surface area contributed by atoms with E-state index in [4.69, 9.17) is 4.74 Å². The summed E-state index contributed by atoms with van der Waals surface area (Å²) in [6.45, 7) is 2.17. The molecule has 1 aromatic heterocycles. The molecule has 116 valence electrons. The number of hydrogen-bond donors (Lipinski definition) is 3. The molecule has 2 aromatic rings. The highest BCUT2D eigenvalue weighted by atomic mass is 79.9. The Balaban J connectivity index is 1.70. The number of carbonyl (C=O) groups excluding carboxylic acids is 2. The molecule has 0 aliphatic carbocycles. The van der Waals surface area contributed by atoms with Gasteiger partial charge in [-0.3, -0.25) is 20.4 Å². The van der Waals surface area contributed by atoms with E-state index in [1.165, 1.54) is 0 Å². The van der Waals surface area contributed by atoms with Crippen molar-refractivity contribution in [2.45, 2.75) is 13.3 Å². The summed E-state index contributed by atoms with van der Waals surface area (Å²) < 4.78 is 6.28. The molecule has 7 heteroatoms. The smallest absolute Gasteiger partial charge is 0.286 e. The van der Waals surface area contributed by atoms with E-state index in [9.17, 15) is 9.59 Å². The molecule has 6 nitrogen and oxygen atoms in total. The van der Waals surface area contributed by atoms with Crippen LogP contribution in [-0.4, -0.2) is 23.4 Å². The molecule has 1 aromatic carbocycles. The first kappa shape index (κ1) is 16.1. The Hall–Kier alpha value is -2.28. The van der Waals surface area contributed by atoms with Gasteiger partial charge < -0.3 is 9.72 Å². The van der Waals surface area contributed by atoms with Crippen LogP contribution in [0.2, 0.25) is 0 Å². The van der Waals surface area contributed by atoms with Crippen molar-refractivity contribution >= 4 is 27.7 Å². The van der Waals surface area contributed by atoms with Gasteiger partial charge in [-0.05, 0) is 40.5 Å². The summed E-state index contributed by atoms with van der Waals surface area (Å²) in [5.74, 6) is 0.00185. The minimum Gasteiger partial charge on any atom is -0.493 e. The topological polar surface area (TPSA) is 83.2 Å². The number of H-pyrrole nitrogens is 1. The molecule has 0 saturated carbocycles. The number of benzene rings is 1. The molecule has 0 atom stereocenters. The average Bonchev–Trinajstić information content (AvgIpc) is 2.93. The molecule has 0 radical (unpaired) electrons. The third-order valence-electron chi connectivity index (χ3n) is 2.89. The number of aromatic nitrogens is 1. The Morgan fingerprint density at radius 2 is 2.05 bits per heavy atom. The van der Waals surface area contributed by atoms with Crippen molar-refractivity contribution in [2.75, 3.05) is 6.61 Å². The van der Waals surface area contributed by atoms with Crippen LogP contribution in [0.4, 0.5) is 0 Å². The summed E-state index contributed by atoms with van der Waals surface area (Å²) in [5, 5.41) is 0. The van der Waals surface area contributed by atoms with Gasteiger partial charge in [-0.1, -0.05) is 18.2 Å². The van der Waals surface area contributed by atoms with E-state index in [0.717, 1.165) is 15.8 Å². The first-order valence-electron chi connectivity index (χ1n) is 6.68. The second-order valence-corrected chi connectivity index (χ2v) is 5.51. The van der Waals surface area contributed by atoms with Crippen LogP contribution in [0.1, 0.15) is 22.5 Å². The zero-order valence-electron chi connectivity index (χ0n) is 12.0. The van der Waals surface area contributed by atoms with Gasteiger partial charge in [0.1, 0.15) is 11.4 Å². The molecular weight excluding hydrogens is 350 g/mol. The predicted molar refractivity (Wildman–Crippen MR) is 85.4 cm³/mol. The number of ether oxygens (including phenoxy) is 1. The third kappa shape index (κ3) is 4.63. The van der Waals surface area contributed by atoms with Gasteiger partial charge in [0.25, 0.3) is 5.91 Å². The fraction of sp³-hybridized carbons (Fsp3) is 0.200. The Kier molecular flexibility index (Phi) is 5.60. The van der Waals surface area contributed by atoms with Crippen molar-refractivity contribution in [1.29, 1.82) is 0 Å². The number of para-hydroxylation sites is 1. The fourth-order valence-electron chi connectivity index (χ4n) is 1.73. The lowest BCUT2D eigenvalue weighted by molar-refractivity contribution is -0.122. The number of nitrogens with one attached hydrogen (secondary N) is 3. The van der Waals surface area contributed by atoms with E-state index < -0.39 is 5.91 Å². The maximum Gasteiger partial charge on any atom is 0.286 e. The molecule has 0 aliphatic heterocycles. The SMILES string of the molecule is Cc1ccccc1OCCC(=O)NNC(=O)c1cc(Br)c[nH]1. The van der Waals surface area contributed by atoms with Crippen LogP contribution in [0.25, 0.3) is 0 Å². The van der Waals surface area contributed by atoms with Crippen LogP contribution in [-0.2, 0) is 4.79 Å². The number of aryl methyl sites for hydroxylation is 1. The summed E-state index contributed by atoms with van der Waals surface area (Å²) in [4.78, 5) is 26.1. The summed E-state index contributed by atoms with van der Waals surface area (Å²) in [7, 11) is 0. The zero-order valence-corrected chi connectivity index (χ0v) is 13.6. The van der Waals surface area contributed by atoms with Crippen LogP contribution in [0.3, 0.4) is 0 Å². The predicted octanol–water partition coefficient (Wildman–Crippen LogP) is 2.32. The molecule has 0 unspecified atom stereocenters. The number of rotatable bonds is 5. The van der Waals surface area contributed by atoms with Crippen molar-refractivity contribution < 1.29 is 14.3 Å². The highest BCUT2D eigenvalue weighted by Gasteiger charge is 2.09. The largest absolute Gasteiger partial charge is 0.493 e. The normalized spacial score (nSPS) is 10.1. The van der Waals surface area contributed by atoms with E-state index in [0.29, 0.717) is 5.69 Å². The highest BCUT2D eigenvalue weighted by Crippen LogP contribution is 2.16. The van der Waals surface area contributed by atoms with Crippen LogP contribution in [0, 0.1) is 6.92 Å². The van der Waals surface area contributed by atoms with Gasteiger partial charge in [0.2, 0.25) is 5.91 Å². The van der Waals surface area contributed by atoms with Crippen LogP contribution in [0.15, 0.2) is 41.0 Å². The van der Waals surface area contributed by atoms with Gasteiger partial charge >= 0.3 is 0 Å². The molecule has 0 aliphatic rings. The van der Waals surface area contributed by atoms with Gasteiger partial charge in [0.05, 0.1) is 13.0 Å². The molecule has 22 heavy (non-hydrogen) atoms. The first-order chi connectivity index (χ1) is 10.6. The number of hydrazine groups is 1. The molecule has 2 rings (SSSR count). The zero-order chi connectivity index (χ0) is 15.9. The summed E-state index contributed by atoms with van der Waals surface area (Å²) in [6.07, 6.45) is 1.77. The second-order valence-electron chi connectivity index (χ2n) is 4.60. The van der Waals surface area contributed by atoms with E-state index in [2.05, 4.69) is 31.8 Å². The van der Waals surface area contributed by atoms with E-state index in [1.54, 1.807) is 12.3 Å². The van der Waals surface area contributed by atoms with Gasteiger partial charge in [0.15, 0.2) is 0 Å². The van der Waals surface area contributed by atoms with Crippen molar-refractivity contribution in [1.82, 2.24) is 15.8 Å². The monoisotopic (exact) mass is 365 g/mol. The Morgan fingerprint density at radius 1 is 1.27 bits per heavy atom. The lowest BCUT2D eigenvalue weighted by atomic mass is 10.2. The Bertz CT molecular complexity index is 670. The van der Waals surface area contributed by atoms with Crippen molar-refractivity contribution in [3.8, 4) is 5.75 Å². The molecule has 0 saturated heterocycles. The third-order valence-corrected chi connectivity index (χ3v) is 3.35. The fourth-order valence-corrected chi connectivity index (χ4v) is 2.07. The number of halogens is 1. The van der Waals surface area contributed by atoms with Gasteiger partial charge in [-0.15, -0.1) is 0 Å². The van der Waals surface area contributed by atoms with Crippen molar-refractivity contribution in [2.24, 2.45) is 0 Å².